The van der Waals surface area contributed by atoms with Crippen LogP contribution in [0.5, 0.6) is 0 Å². The Morgan fingerprint density at radius 1 is 1.32 bits per heavy atom. The van der Waals surface area contributed by atoms with Gasteiger partial charge in [-0.25, -0.2) is 0 Å². The Kier molecular flexibility index (Phi) is 7.96. The van der Waals surface area contributed by atoms with Crippen LogP contribution in [0, 0.1) is 5.92 Å². The summed E-state index contributed by atoms with van der Waals surface area (Å²) in [5, 5.41) is 3.69. The normalized spacial score (nSPS) is 28.3. The lowest BCUT2D eigenvalue weighted by Crippen LogP contribution is -2.55. The maximum Gasteiger partial charge on any atom is 0.0724 e. The molecule has 114 valence electrons. The van der Waals surface area contributed by atoms with Gasteiger partial charge >= 0.3 is 0 Å². The lowest BCUT2D eigenvalue weighted by molar-refractivity contribution is -0.0255. The second-order valence-electron chi connectivity index (χ2n) is 5.96. The molecule has 4 unspecified atom stereocenters. The summed E-state index contributed by atoms with van der Waals surface area (Å²) in [6, 6.07) is 1.29. The molecule has 0 amide bonds. The molecule has 0 aliphatic carbocycles. The van der Waals surface area contributed by atoms with Gasteiger partial charge in [0.2, 0.25) is 0 Å². The number of rotatable bonds is 8. The Labute approximate surface area is 120 Å². The minimum absolute atomic E-state index is 0.409. The summed E-state index contributed by atoms with van der Waals surface area (Å²) in [4.78, 5) is 2.66. The van der Waals surface area contributed by atoms with Gasteiger partial charge in [-0.1, -0.05) is 34.1 Å². The molecular formula is C16H34N2O. The number of nitrogens with zero attached hydrogens (tertiary/aromatic N) is 1. The second kappa shape index (κ2) is 8.93. The summed E-state index contributed by atoms with van der Waals surface area (Å²) in [5.41, 5.74) is 0. The number of likely N-dealkylation sites (tertiary alicyclic amines) is 1. The Morgan fingerprint density at radius 2 is 2.05 bits per heavy atom. The largest absolute Gasteiger partial charge is 0.380 e. The lowest BCUT2D eigenvalue weighted by atomic mass is 9.91. The van der Waals surface area contributed by atoms with E-state index >= 15 is 0 Å². The smallest absolute Gasteiger partial charge is 0.0724 e. The minimum atomic E-state index is 0.409. The first-order valence-electron chi connectivity index (χ1n) is 8.18. The van der Waals surface area contributed by atoms with Gasteiger partial charge in [0.25, 0.3) is 0 Å². The van der Waals surface area contributed by atoms with Crippen molar-refractivity contribution in [2.24, 2.45) is 5.92 Å². The van der Waals surface area contributed by atoms with Gasteiger partial charge in [-0.2, -0.15) is 0 Å². The number of likely N-dealkylation sites (N-methyl/N-ethyl adjacent to an activating group) is 1. The van der Waals surface area contributed by atoms with E-state index in [1.165, 1.54) is 32.2 Å². The van der Waals surface area contributed by atoms with Crippen LogP contribution in [0.4, 0.5) is 0 Å². The fourth-order valence-electron chi connectivity index (χ4n) is 3.47. The maximum absolute atomic E-state index is 5.67. The van der Waals surface area contributed by atoms with E-state index in [-0.39, 0.29) is 0 Å². The van der Waals surface area contributed by atoms with Crippen molar-refractivity contribution in [3.63, 3.8) is 0 Å². The van der Waals surface area contributed by atoms with E-state index in [1.54, 1.807) is 0 Å². The van der Waals surface area contributed by atoms with Crippen molar-refractivity contribution in [3.8, 4) is 0 Å². The molecule has 0 bridgehead atoms. The third kappa shape index (κ3) is 4.73. The highest BCUT2D eigenvalue weighted by molar-refractivity contribution is 4.88. The molecule has 3 heteroatoms. The summed E-state index contributed by atoms with van der Waals surface area (Å²) in [5.74, 6) is 0.697. The maximum atomic E-state index is 5.67. The number of nitrogens with one attached hydrogen (secondary N) is 1. The molecule has 1 aliphatic heterocycles. The molecule has 1 N–H and O–H groups in total. The number of methoxy groups -OCH3 is 1. The molecule has 19 heavy (non-hydrogen) atoms. The van der Waals surface area contributed by atoms with Crippen LogP contribution in [0.1, 0.15) is 53.4 Å². The van der Waals surface area contributed by atoms with Crippen molar-refractivity contribution in [2.75, 3.05) is 26.7 Å². The van der Waals surface area contributed by atoms with Crippen LogP contribution in [-0.2, 0) is 4.74 Å². The molecule has 0 saturated carbocycles. The van der Waals surface area contributed by atoms with E-state index in [1.807, 2.05) is 7.11 Å². The standard InChI is InChI=1S/C16H34N2O/c1-6-9-14(17-8-3)15(7-2)18-11-10-13(4)16(12-18)19-5/h13-17H,6-12H2,1-5H3. The third-order valence-corrected chi connectivity index (χ3v) is 4.64. The predicted octanol–water partition coefficient (Wildman–Crippen LogP) is 2.90. The third-order valence-electron chi connectivity index (χ3n) is 4.64. The Balaban J connectivity index is 2.66. The van der Waals surface area contributed by atoms with Crippen molar-refractivity contribution < 1.29 is 4.74 Å². The van der Waals surface area contributed by atoms with Crippen LogP contribution in [0.25, 0.3) is 0 Å². The van der Waals surface area contributed by atoms with Crippen LogP contribution >= 0.6 is 0 Å². The van der Waals surface area contributed by atoms with Crippen LogP contribution in [0.3, 0.4) is 0 Å². The van der Waals surface area contributed by atoms with Crippen LogP contribution in [0.2, 0.25) is 0 Å². The summed E-state index contributed by atoms with van der Waals surface area (Å²) in [7, 11) is 1.86. The van der Waals surface area contributed by atoms with E-state index in [9.17, 15) is 0 Å². The molecule has 1 fully saturated rings. The second-order valence-corrected chi connectivity index (χ2v) is 5.96. The van der Waals surface area contributed by atoms with Gasteiger partial charge in [-0.05, 0) is 38.3 Å². The van der Waals surface area contributed by atoms with Crippen molar-refractivity contribution in [1.82, 2.24) is 10.2 Å². The molecule has 0 aromatic carbocycles. The monoisotopic (exact) mass is 270 g/mol. The summed E-state index contributed by atoms with van der Waals surface area (Å²) >= 11 is 0. The summed E-state index contributed by atoms with van der Waals surface area (Å²) in [6.45, 7) is 12.5. The quantitative estimate of drug-likeness (QED) is 0.734. The Hall–Kier alpha value is -0.120. The zero-order chi connectivity index (χ0) is 14.3. The van der Waals surface area contributed by atoms with Gasteiger partial charge in [-0.3, -0.25) is 4.90 Å². The van der Waals surface area contributed by atoms with Crippen LogP contribution < -0.4 is 5.32 Å². The van der Waals surface area contributed by atoms with E-state index < -0.39 is 0 Å². The first-order valence-corrected chi connectivity index (χ1v) is 8.18. The first kappa shape index (κ1) is 16.9. The van der Waals surface area contributed by atoms with Crippen molar-refractivity contribution >= 4 is 0 Å². The fourth-order valence-corrected chi connectivity index (χ4v) is 3.47. The average Bonchev–Trinajstić information content (AvgIpc) is 2.42. The number of piperidine rings is 1. The van der Waals surface area contributed by atoms with Crippen LogP contribution in [-0.4, -0.2) is 49.8 Å². The predicted molar refractivity (Wildman–Crippen MR) is 82.6 cm³/mol. The zero-order valence-electron chi connectivity index (χ0n) is 13.6. The average molecular weight is 270 g/mol. The number of ether oxygens (including phenoxy) is 1. The Morgan fingerprint density at radius 3 is 2.58 bits per heavy atom. The highest BCUT2D eigenvalue weighted by Gasteiger charge is 2.32. The zero-order valence-corrected chi connectivity index (χ0v) is 13.6. The summed E-state index contributed by atoms with van der Waals surface area (Å²) in [6.07, 6.45) is 5.43. The highest BCUT2D eigenvalue weighted by Crippen LogP contribution is 2.24. The SMILES string of the molecule is CCCC(NCC)C(CC)N1CCC(C)C(OC)C1. The first-order chi connectivity index (χ1) is 9.17. The molecule has 4 atom stereocenters. The topological polar surface area (TPSA) is 24.5 Å². The minimum Gasteiger partial charge on any atom is -0.380 e. The van der Waals surface area contributed by atoms with Gasteiger partial charge < -0.3 is 10.1 Å². The van der Waals surface area contributed by atoms with Gasteiger partial charge in [0.1, 0.15) is 0 Å². The van der Waals surface area contributed by atoms with Gasteiger partial charge in [0.05, 0.1) is 6.10 Å². The Bertz CT molecular complexity index is 229. The molecule has 0 aromatic heterocycles. The van der Waals surface area contributed by atoms with Crippen molar-refractivity contribution in [2.45, 2.75) is 71.6 Å². The fraction of sp³-hybridized carbons (Fsp3) is 1.00. The summed E-state index contributed by atoms with van der Waals surface area (Å²) < 4.78 is 5.67. The van der Waals surface area contributed by atoms with E-state index in [0.717, 1.165) is 13.1 Å². The van der Waals surface area contributed by atoms with E-state index in [4.69, 9.17) is 4.74 Å². The molecule has 1 aliphatic rings. The van der Waals surface area contributed by atoms with E-state index in [2.05, 4.69) is 37.9 Å². The van der Waals surface area contributed by atoms with Crippen molar-refractivity contribution in [3.05, 3.63) is 0 Å². The molecule has 0 aromatic rings. The highest BCUT2D eigenvalue weighted by atomic mass is 16.5. The number of hydrogen-bond acceptors (Lipinski definition) is 3. The molecule has 0 radical (unpaired) electrons. The molecular weight excluding hydrogens is 236 g/mol. The molecule has 1 saturated heterocycles. The van der Waals surface area contributed by atoms with Crippen molar-refractivity contribution in [1.29, 1.82) is 0 Å². The number of hydrogen-bond donors (Lipinski definition) is 1. The molecule has 1 rings (SSSR count). The molecule has 3 nitrogen and oxygen atoms in total. The van der Waals surface area contributed by atoms with Crippen LogP contribution in [0.15, 0.2) is 0 Å². The molecule has 0 spiro atoms. The van der Waals surface area contributed by atoms with Gasteiger partial charge in [-0.15, -0.1) is 0 Å². The lowest BCUT2D eigenvalue weighted by Gasteiger charge is -2.43. The van der Waals surface area contributed by atoms with Gasteiger partial charge in [0.15, 0.2) is 0 Å². The molecule has 1 heterocycles. The van der Waals surface area contributed by atoms with E-state index in [0.29, 0.717) is 24.1 Å². The van der Waals surface area contributed by atoms with Gasteiger partial charge in [0, 0.05) is 25.7 Å².